The van der Waals surface area contributed by atoms with Crippen molar-refractivity contribution >= 4 is 27.4 Å². The second-order valence-electron chi connectivity index (χ2n) is 3.91. The molecule has 0 aliphatic carbocycles. The van der Waals surface area contributed by atoms with E-state index in [2.05, 4.69) is 0 Å². The lowest BCUT2D eigenvalue weighted by atomic mass is 10.2. The summed E-state index contributed by atoms with van der Waals surface area (Å²) in [6.07, 6.45) is 0. The number of fused-ring (bicyclic) bond motifs is 1. The van der Waals surface area contributed by atoms with E-state index in [9.17, 15) is 9.59 Å². The van der Waals surface area contributed by atoms with Crippen LogP contribution >= 0.6 is 11.3 Å². The van der Waals surface area contributed by atoms with Crippen molar-refractivity contribution in [3.05, 3.63) is 33.3 Å². The standard InChI is InChI=1S/C14H14O5S.H2O/c1-3-18-9-5-6-10(19-4-2)13-12(9)8(15)7-11(20-13)14(16)17;/h5-7H,3-4H2,1-2H3,(H,16,17);1H2. The van der Waals surface area contributed by atoms with Crippen molar-refractivity contribution in [3.8, 4) is 11.5 Å². The number of rotatable bonds is 5. The molecular weight excluding hydrogens is 296 g/mol. The van der Waals surface area contributed by atoms with Crippen LogP contribution in [0.2, 0.25) is 0 Å². The summed E-state index contributed by atoms with van der Waals surface area (Å²) >= 11 is 1.01. The molecule has 0 saturated heterocycles. The number of ether oxygens (including phenoxy) is 2. The average Bonchev–Trinajstić information content (AvgIpc) is 2.41. The van der Waals surface area contributed by atoms with Gasteiger partial charge in [-0.2, -0.15) is 0 Å². The minimum absolute atomic E-state index is 0. The molecule has 1 aromatic heterocycles. The predicted octanol–water partition coefficient (Wildman–Crippen LogP) is 1.93. The van der Waals surface area contributed by atoms with Gasteiger partial charge >= 0.3 is 5.97 Å². The minimum Gasteiger partial charge on any atom is -0.493 e. The van der Waals surface area contributed by atoms with E-state index >= 15 is 0 Å². The lowest BCUT2D eigenvalue weighted by Crippen LogP contribution is -2.07. The first-order valence-corrected chi connectivity index (χ1v) is 6.99. The molecule has 114 valence electrons. The van der Waals surface area contributed by atoms with Crippen LogP contribution in [-0.4, -0.2) is 29.8 Å². The molecule has 1 aromatic carbocycles. The molecule has 7 heteroatoms. The molecule has 0 fully saturated rings. The van der Waals surface area contributed by atoms with Gasteiger partial charge in [-0.3, -0.25) is 4.79 Å². The largest absolute Gasteiger partial charge is 0.493 e. The number of benzene rings is 1. The summed E-state index contributed by atoms with van der Waals surface area (Å²) < 4.78 is 11.4. The summed E-state index contributed by atoms with van der Waals surface area (Å²) in [4.78, 5) is 23.2. The molecule has 0 spiro atoms. The number of hydrogen-bond donors (Lipinski definition) is 1. The smallest absolute Gasteiger partial charge is 0.346 e. The Hall–Kier alpha value is -2.12. The molecule has 0 unspecified atom stereocenters. The van der Waals surface area contributed by atoms with Gasteiger partial charge in [0.15, 0.2) is 5.43 Å². The number of hydrogen-bond acceptors (Lipinski definition) is 5. The normalized spacial score (nSPS) is 10.0. The first-order chi connectivity index (χ1) is 9.58. The number of carboxylic acid groups (broad SMARTS) is 1. The third-order valence-corrected chi connectivity index (χ3v) is 3.74. The zero-order valence-corrected chi connectivity index (χ0v) is 12.5. The molecule has 3 N–H and O–H groups in total. The van der Waals surface area contributed by atoms with Crippen molar-refractivity contribution in [3.63, 3.8) is 0 Å². The van der Waals surface area contributed by atoms with E-state index in [1.807, 2.05) is 13.8 Å². The summed E-state index contributed by atoms with van der Waals surface area (Å²) in [6, 6.07) is 4.48. The van der Waals surface area contributed by atoms with Crippen molar-refractivity contribution in [1.29, 1.82) is 0 Å². The lowest BCUT2D eigenvalue weighted by Gasteiger charge is -2.11. The number of aromatic carboxylic acids is 1. The van der Waals surface area contributed by atoms with Crippen LogP contribution in [0.4, 0.5) is 0 Å². The van der Waals surface area contributed by atoms with Crippen LogP contribution in [0.3, 0.4) is 0 Å². The molecule has 2 aromatic rings. The van der Waals surface area contributed by atoms with E-state index in [4.69, 9.17) is 14.6 Å². The van der Waals surface area contributed by atoms with Gasteiger partial charge in [-0.1, -0.05) is 0 Å². The zero-order valence-electron chi connectivity index (χ0n) is 11.6. The molecule has 0 bridgehead atoms. The Morgan fingerprint density at radius 1 is 1.19 bits per heavy atom. The van der Waals surface area contributed by atoms with Crippen molar-refractivity contribution in [2.24, 2.45) is 0 Å². The van der Waals surface area contributed by atoms with Gasteiger partial charge in [0.25, 0.3) is 0 Å². The number of carbonyl (C=O) groups is 1. The van der Waals surface area contributed by atoms with Gasteiger partial charge in [0.1, 0.15) is 16.4 Å². The van der Waals surface area contributed by atoms with Gasteiger partial charge in [0, 0.05) is 6.07 Å². The van der Waals surface area contributed by atoms with Crippen molar-refractivity contribution in [2.45, 2.75) is 13.8 Å². The third kappa shape index (κ3) is 3.32. The molecule has 0 amide bonds. The van der Waals surface area contributed by atoms with E-state index < -0.39 is 5.97 Å². The highest BCUT2D eigenvalue weighted by Crippen LogP contribution is 2.35. The average molecular weight is 312 g/mol. The maximum absolute atomic E-state index is 12.2. The van der Waals surface area contributed by atoms with E-state index in [1.165, 1.54) is 0 Å². The van der Waals surface area contributed by atoms with Crippen LogP contribution in [0.15, 0.2) is 23.0 Å². The molecule has 0 atom stereocenters. The van der Waals surface area contributed by atoms with Crippen LogP contribution in [-0.2, 0) is 0 Å². The summed E-state index contributed by atoms with van der Waals surface area (Å²) in [5.74, 6) is -0.182. The highest BCUT2D eigenvalue weighted by molar-refractivity contribution is 7.20. The lowest BCUT2D eigenvalue weighted by molar-refractivity contribution is 0.0702. The minimum atomic E-state index is -1.13. The molecule has 0 radical (unpaired) electrons. The predicted molar refractivity (Wildman–Crippen MR) is 81.0 cm³/mol. The van der Waals surface area contributed by atoms with E-state index in [1.54, 1.807) is 12.1 Å². The first kappa shape index (κ1) is 16.9. The topological polar surface area (TPSA) is 104 Å². The Morgan fingerprint density at radius 2 is 1.76 bits per heavy atom. The van der Waals surface area contributed by atoms with Crippen LogP contribution in [0.25, 0.3) is 10.1 Å². The number of carboxylic acids is 1. The van der Waals surface area contributed by atoms with E-state index in [0.717, 1.165) is 17.4 Å². The van der Waals surface area contributed by atoms with Crippen LogP contribution in [0.5, 0.6) is 11.5 Å². The molecule has 21 heavy (non-hydrogen) atoms. The second kappa shape index (κ2) is 7.05. The summed E-state index contributed by atoms with van der Waals surface area (Å²) in [7, 11) is 0. The Morgan fingerprint density at radius 3 is 2.33 bits per heavy atom. The van der Waals surface area contributed by atoms with Crippen LogP contribution in [0, 0.1) is 0 Å². The first-order valence-electron chi connectivity index (χ1n) is 6.18. The fraction of sp³-hybridized carbons (Fsp3) is 0.286. The van der Waals surface area contributed by atoms with E-state index in [-0.39, 0.29) is 15.8 Å². The van der Waals surface area contributed by atoms with Crippen LogP contribution < -0.4 is 14.9 Å². The summed E-state index contributed by atoms with van der Waals surface area (Å²) in [6.45, 7) is 4.50. The highest BCUT2D eigenvalue weighted by Gasteiger charge is 2.16. The maximum atomic E-state index is 12.2. The molecule has 6 nitrogen and oxygen atoms in total. The van der Waals surface area contributed by atoms with Gasteiger partial charge in [-0.15, -0.1) is 11.3 Å². The van der Waals surface area contributed by atoms with Gasteiger partial charge in [-0.25, -0.2) is 4.79 Å². The van der Waals surface area contributed by atoms with Gasteiger partial charge < -0.3 is 20.1 Å². The molecule has 0 aliphatic rings. The zero-order chi connectivity index (χ0) is 14.7. The Labute approximate surface area is 124 Å². The summed E-state index contributed by atoms with van der Waals surface area (Å²) in [5.41, 5.74) is -0.374. The van der Waals surface area contributed by atoms with Crippen molar-refractivity contribution in [1.82, 2.24) is 0 Å². The molecule has 0 aliphatic heterocycles. The SMILES string of the molecule is CCOc1ccc(OCC)c2c(=O)cc(C(=O)O)sc12.O. The Balaban J connectivity index is 0.00000220. The molecular formula is C14H16O6S. The van der Waals surface area contributed by atoms with E-state index in [0.29, 0.717) is 34.8 Å². The van der Waals surface area contributed by atoms with Crippen LogP contribution in [0.1, 0.15) is 23.5 Å². The monoisotopic (exact) mass is 312 g/mol. The molecule has 2 rings (SSSR count). The molecule has 0 saturated carbocycles. The fourth-order valence-electron chi connectivity index (χ4n) is 1.86. The Bertz CT molecular complexity index is 706. The van der Waals surface area contributed by atoms with Crippen molar-refractivity contribution in [2.75, 3.05) is 13.2 Å². The maximum Gasteiger partial charge on any atom is 0.346 e. The van der Waals surface area contributed by atoms with Crippen molar-refractivity contribution < 1.29 is 24.9 Å². The second-order valence-corrected chi connectivity index (χ2v) is 4.96. The third-order valence-electron chi connectivity index (χ3n) is 2.61. The van der Waals surface area contributed by atoms with Gasteiger partial charge in [0.2, 0.25) is 0 Å². The quantitative estimate of drug-likeness (QED) is 0.908. The van der Waals surface area contributed by atoms with Gasteiger partial charge in [0.05, 0.1) is 23.3 Å². The highest BCUT2D eigenvalue weighted by atomic mass is 32.1. The fourth-order valence-corrected chi connectivity index (χ4v) is 2.87. The molecule has 1 heterocycles. The Kier molecular flexibility index (Phi) is 5.69. The van der Waals surface area contributed by atoms with Gasteiger partial charge in [-0.05, 0) is 26.0 Å². The summed E-state index contributed by atoms with van der Waals surface area (Å²) in [5, 5.41) is 9.43.